The highest BCUT2D eigenvalue weighted by Gasteiger charge is 2.19. The lowest BCUT2D eigenvalue weighted by Gasteiger charge is -2.12. The maximum atomic E-state index is 10.1. The zero-order valence-electron chi connectivity index (χ0n) is 53.1. The van der Waals surface area contributed by atoms with Gasteiger partial charge in [0, 0.05) is 58.7 Å². The van der Waals surface area contributed by atoms with E-state index in [9.17, 15) is 16.4 Å². The molecule has 0 saturated heterocycles. The minimum absolute atomic E-state index is 0.0648. The number of benzene rings is 9. The van der Waals surface area contributed by atoms with Crippen LogP contribution in [-0.2, 0) is 0 Å². The summed E-state index contributed by atoms with van der Waals surface area (Å²) < 4.78 is 222. The average molecular weight is 767 g/mol. The van der Waals surface area contributed by atoms with Gasteiger partial charge in [0.25, 0.3) is 0 Å². The van der Waals surface area contributed by atoms with Gasteiger partial charge in [-0.3, -0.25) is 0 Å². The normalized spacial score (nSPS) is 17.8. The molecule has 0 aliphatic heterocycles. The second kappa shape index (κ2) is 12.7. The topological polar surface area (TPSA) is 9.86 Å². The predicted molar refractivity (Wildman–Crippen MR) is 244 cm³/mol. The Hall–Kier alpha value is -7.20. The molecule has 0 fully saturated rings. The first kappa shape index (κ1) is 16.5. The third-order valence-corrected chi connectivity index (χ3v) is 10.8. The van der Waals surface area contributed by atoms with E-state index < -0.39 is 150 Å². The molecule has 0 aliphatic rings. The van der Waals surface area contributed by atoms with Gasteiger partial charge in [-0.2, -0.15) is 0 Å². The van der Waals surface area contributed by atoms with Crippen molar-refractivity contribution in [3.8, 4) is 44.8 Å². The number of thiophene rings is 1. The fourth-order valence-electron chi connectivity index (χ4n) is 7.31. The van der Waals surface area contributed by atoms with E-state index in [1.165, 1.54) is 27.3 Å². The van der Waals surface area contributed by atoms with Gasteiger partial charge in [0.1, 0.15) is 0 Å². The van der Waals surface area contributed by atoms with Crippen LogP contribution in [0.1, 0.15) is 32.9 Å². The van der Waals surface area contributed by atoms with Crippen LogP contribution in [0.3, 0.4) is 0 Å². The van der Waals surface area contributed by atoms with Gasteiger partial charge < -0.3 is 9.13 Å². The quantitative estimate of drug-likeness (QED) is 0.165. The molecule has 57 heavy (non-hydrogen) atoms. The zero-order chi connectivity index (χ0) is 58.3. The zero-order valence-corrected chi connectivity index (χ0v) is 29.9. The summed E-state index contributed by atoms with van der Waals surface area (Å²) >= 11 is 0.732. The van der Waals surface area contributed by atoms with Crippen molar-refractivity contribution in [2.75, 3.05) is 0 Å². The minimum atomic E-state index is -0.767. The molecule has 3 heteroatoms. The molecule has 12 aromatic rings. The molecule has 0 amide bonds. The SMILES string of the molecule is [2H]c1ccc([2H])c(-c2c([2H])c([2H])c([2H])c(-c3c([2H])c([2H])c4c(sc5c([2H])c(-n6c7cc([2H])c([2H])c([2H])c7c7c([2H])c(-c8c([2H])c([2H])c([2H])c9c%10c([2H])c([2H])c([2H])c([2H])c%10n(-c%10ccccc%10)c89)c([2H])c([2H])c76)cc([2H])c54)c3[2H])c2[2H])c1. The summed E-state index contributed by atoms with van der Waals surface area (Å²) in [5.74, 6) is 0. The molecular weight excluding hydrogens is 709 g/mol. The van der Waals surface area contributed by atoms with Crippen molar-refractivity contribution in [1.29, 1.82) is 0 Å². The van der Waals surface area contributed by atoms with Gasteiger partial charge >= 0.3 is 0 Å². The van der Waals surface area contributed by atoms with Gasteiger partial charge in [0.2, 0.25) is 0 Å². The lowest BCUT2D eigenvalue weighted by Crippen LogP contribution is -1.95. The molecule has 12 rings (SSSR count). The van der Waals surface area contributed by atoms with Gasteiger partial charge in [0.15, 0.2) is 0 Å². The third-order valence-electron chi connectivity index (χ3n) is 9.80. The average Bonchev–Trinajstić information content (AvgIpc) is 4.34. The summed E-state index contributed by atoms with van der Waals surface area (Å²) in [7, 11) is 0. The van der Waals surface area contributed by atoms with Crippen LogP contribution in [0.2, 0.25) is 0 Å². The maximum absolute atomic E-state index is 10.1. The van der Waals surface area contributed by atoms with Crippen LogP contribution in [-0.4, -0.2) is 9.13 Å². The first-order chi connectivity index (χ1) is 38.3. The van der Waals surface area contributed by atoms with Crippen molar-refractivity contribution in [3.63, 3.8) is 0 Å². The fraction of sp³-hybridized carbons (Fsp3) is 0. The molecule has 0 bridgehead atoms. The number of hydrogen-bond acceptors (Lipinski definition) is 1. The van der Waals surface area contributed by atoms with Crippen LogP contribution in [0.15, 0.2) is 206 Å². The molecular formula is C54H34N2S. The maximum Gasteiger partial charge on any atom is 0.0660 e. The monoisotopic (exact) mass is 766 g/mol. The molecule has 0 radical (unpaired) electrons. The fourth-order valence-corrected chi connectivity index (χ4v) is 8.34. The Kier molecular flexibility index (Phi) is 3.67. The van der Waals surface area contributed by atoms with Gasteiger partial charge in [-0.15, -0.1) is 11.3 Å². The van der Waals surface area contributed by atoms with Gasteiger partial charge in [-0.25, -0.2) is 0 Å². The Morgan fingerprint density at radius 3 is 2.02 bits per heavy atom. The summed E-state index contributed by atoms with van der Waals surface area (Å²) in [4.78, 5) is 0. The number of aromatic nitrogens is 2. The number of hydrogen-bond donors (Lipinski definition) is 0. The lowest BCUT2D eigenvalue weighted by atomic mass is 9.98. The molecule has 0 atom stereocenters. The largest absolute Gasteiger partial charge is 0.309 e. The van der Waals surface area contributed by atoms with E-state index in [1.807, 2.05) is 0 Å². The summed E-state index contributed by atoms with van der Waals surface area (Å²) in [6, 6.07) is 0.297. The number of nitrogens with zero attached hydrogens (tertiary/aromatic N) is 2. The smallest absolute Gasteiger partial charge is 0.0660 e. The van der Waals surface area contributed by atoms with E-state index in [4.69, 9.17) is 16.4 Å². The Balaban J connectivity index is 1.18. The summed E-state index contributed by atoms with van der Waals surface area (Å²) in [6.45, 7) is 0. The summed E-state index contributed by atoms with van der Waals surface area (Å²) in [5.41, 5.74) is -2.96. The standard InChI is InChI=1S/C54H34N2S/c1-3-13-35(14-4-1)36-15-11-16-37(31-36)38-25-28-45-46-29-27-41(34-53(46)57-52(45)33-38)55-49-23-9-8-20-44(49)48-32-39(26-30-51(48)55)42-21-12-22-47-43-19-7-10-24-50(43)56(54(42)47)40-17-5-2-6-18-40/h1-34H/i3D,7D,8D,9D,10D,11D,12D,14D,15D,16D,19D,20D,21D,22D,24D,25D,26D,28D,29D,30D,31D,32D,33D,34D. The number of rotatable bonds is 5. The molecule has 9 aromatic carbocycles. The molecule has 0 aliphatic carbocycles. The van der Waals surface area contributed by atoms with Gasteiger partial charge in [-0.05, 0) is 88.3 Å². The molecule has 3 heterocycles. The van der Waals surface area contributed by atoms with E-state index >= 15 is 0 Å². The molecule has 0 saturated carbocycles. The Bertz CT molecular complexity index is 4930. The second-order valence-corrected chi connectivity index (χ2v) is 14.0. The number of para-hydroxylation sites is 4. The van der Waals surface area contributed by atoms with Crippen molar-refractivity contribution in [2.45, 2.75) is 0 Å². The van der Waals surface area contributed by atoms with Crippen LogP contribution in [0.4, 0.5) is 0 Å². The Labute approximate surface area is 367 Å². The summed E-state index contributed by atoms with van der Waals surface area (Å²) in [6.07, 6.45) is 0. The van der Waals surface area contributed by atoms with Crippen molar-refractivity contribution in [3.05, 3.63) is 206 Å². The highest BCUT2D eigenvalue weighted by molar-refractivity contribution is 7.25. The van der Waals surface area contributed by atoms with E-state index in [0.717, 1.165) is 23.5 Å². The van der Waals surface area contributed by atoms with Crippen molar-refractivity contribution < 1.29 is 32.9 Å². The third kappa shape index (κ3) is 5.03. The molecule has 3 aromatic heterocycles. The first-order valence-electron chi connectivity index (χ1n) is 29.6. The highest BCUT2D eigenvalue weighted by Crippen LogP contribution is 2.42. The van der Waals surface area contributed by atoms with E-state index in [0.29, 0.717) is 0 Å². The molecule has 2 nitrogen and oxygen atoms in total. The van der Waals surface area contributed by atoms with Crippen LogP contribution < -0.4 is 0 Å². The van der Waals surface area contributed by atoms with Gasteiger partial charge in [0.05, 0.1) is 55.0 Å². The number of fused-ring (bicyclic) bond motifs is 9. The second-order valence-electron chi connectivity index (χ2n) is 13.0. The molecule has 0 unspecified atom stereocenters. The molecule has 0 spiro atoms. The van der Waals surface area contributed by atoms with Gasteiger partial charge in [-0.1, -0.05) is 145 Å². The highest BCUT2D eigenvalue weighted by atomic mass is 32.1. The van der Waals surface area contributed by atoms with E-state index in [1.54, 1.807) is 30.3 Å². The molecule has 0 N–H and O–H groups in total. The Morgan fingerprint density at radius 1 is 0.351 bits per heavy atom. The molecule has 266 valence electrons. The lowest BCUT2D eigenvalue weighted by molar-refractivity contribution is 1.18. The van der Waals surface area contributed by atoms with Crippen molar-refractivity contribution >= 4 is 75.1 Å². The van der Waals surface area contributed by atoms with Crippen LogP contribution in [0.5, 0.6) is 0 Å². The Morgan fingerprint density at radius 2 is 1.09 bits per heavy atom. The van der Waals surface area contributed by atoms with E-state index in [-0.39, 0.29) is 104 Å². The predicted octanol–water partition coefficient (Wildman–Crippen LogP) is 15.2. The van der Waals surface area contributed by atoms with Crippen LogP contribution in [0.25, 0.3) is 109 Å². The van der Waals surface area contributed by atoms with Crippen LogP contribution >= 0.6 is 11.3 Å². The van der Waals surface area contributed by atoms with Crippen molar-refractivity contribution in [2.24, 2.45) is 0 Å². The van der Waals surface area contributed by atoms with Crippen molar-refractivity contribution in [1.82, 2.24) is 9.13 Å². The van der Waals surface area contributed by atoms with E-state index in [2.05, 4.69) is 0 Å². The summed E-state index contributed by atoms with van der Waals surface area (Å²) in [5, 5.41) is -1.15. The first-order valence-corrected chi connectivity index (χ1v) is 18.4. The van der Waals surface area contributed by atoms with Crippen LogP contribution in [0, 0.1) is 0 Å². The minimum Gasteiger partial charge on any atom is -0.309 e.